The average Bonchev–Trinajstić information content (AvgIpc) is 3.85. The van der Waals surface area contributed by atoms with Crippen molar-refractivity contribution < 1.29 is 65.3 Å². The lowest BCUT2D eigenvalue weighted by Gasteiger charge is -2.10. The molecule has 0 bridgehead atoms. The fourth-order valence-corrected chi connectivity index (χ4v) is 4.82. The lowest BCUT2D eigenvalue weighted by Crippen LogP contribution is -2.26. The van der Waals surface area contributed by atoms with Crippen LogP contribution in [-0.2, 0) is 20.9 Å². The number of nitrogens with one attached hydrogen (secondary N) is 4. The number of aryl methyl sites for hydroxylation is 1. The number of carboxylic acids is 2. The normalized spacial score (nSPS) is 12.1. The number of amides is 3. The Morgan fingerprint density at radius 2 is 1.51 bits per heavy atom. The van der Waals surface area contributed by atoms with Crippen LogP contribution in [-0.4, -0.2) is 70.0 Å². The van der Waals surface area contributed by atoms with Crippen LogP contribution in [0.15, 0.2) is 72.8 Å². The zero-order valence-electron chi connectivity index (χ0n) is 28.4. The maximum absolute atomic E-state index is 12.8. The van der Waals surface area contributed by atoms with E-state index in [-0.39, 0.29) is 29.5 Å². The molecule has 0 aliphatic heterocycles. The van der Waals surface area contributed by atoms with Gasteiger partial charge in [0.25, 0.3) is 5.91 Å². The van der Waals surface area contributed by atoms with E-state index in [0.29, 0.717) is 39.9 Å². The molecule has 3 amide bonds. The number of halogens is 6. The van der Waals surface area contributed by atoms with Gasteiger partial charge in [-0.05, 0) is 55.2 Å². The lowest BCUT2D eigenvalue weighted by molar-refractivity contribution is -0.193. The van der Waals surface area contributed by atoms with Gasteiger partial charge in [0.2, 0.25) is 11.0 Å². The molecular weight excluding hydrogens is 766 g/mol. The van der Waals surface area contributed by atoms with Gasteiger partial charge < -0.3 is 42.0 Å². The van der Waals surface area contributed by atoms with Gasteiger partial charge in [0.15, 0.2) is 5.13 Å². The number of alkyl halides is 6. The Kier molecular flexibility index (Phi) is 15.1. The van der Waals surface area contributed by atoms with E-state index in [0.717, 1.165) is 35.3 Å². The molecule has 8 N–H and O–H groups in total. The van der Waals surface area contributed by atoms with Crippen molar-refractivity contribution in [2.45, 2.75) is 44.7 Å². The number of carbonyl (C=O) groups is 5. The Morgan fingerprint density at radius 1 is 0.891 bits per heavy atom. The first-order chi connectivity index (χ1) is 25.8. The summed E-state index contributed by atoms with van der Waals surface area (Å²) in [5.74, 6) is -5.97. The number of benzene rings is 3. The van der Waals surface area contributed by atoms with Gasteiger partial charge >= 0.3 is 30.4 Å². The highest BCUT2D eigenvalue weighted by molar-refractivity contribution is 7.18. The number of anilines is 3. The minimum Gasteiger partial charge on any atom is -0.475 e. The zero-order chi connectivity index (χ0) is 40.9. The molecule has 4 aromatic rings. The van der Waals surface area contributed by atoms with Gasteiger partial charge in [-0.15, -0.1) is 0 Å². The summed E-state index contributed by atoms with van der Waals surface area (Å²) in [5, 5.41) is 26.8. The smallest absolute Gasteiger partial charge is 0.475 e. The summed E-state index contributed by atoms with van der Waals surface area (Å²) in [4.78, 5) is 59.7. The zero-order valence-corrected chi connectivity index (χ0v) is 29.2. The number of thiazole rings is 1. The molecule has 21 heteroatoms. The van der Waals surface area contributed by atoms with Crippen molar-refractivity contribution in [1.82, 2.24) is 15.6 Å². The number of hydrogen-bond acceptors (Lipinski definition) is 10. The van der Waals surface area contributed by atoms with Crippen molar-refractivity contribution in [2.24, 2.45) is 5.73 Å². The Morgan fingerprint density at radius 3 is 2.07 bits per heavy atom. The van der Waals surface area contributed by atoms with Crippen LogP contribution < -0.4 is 31.7 Å². The van der Waals surface area contributed by atoms with Gasteiger partial charge in [-0.25, -0.2) is 19.4 Å². The highest BCUT2D eigenvalue weighted by Crippen LogP contribution is 2.40. The number of aromatic nitrogens is 1. The van der Waals surface area contributed by atoms with Crippen LogP contribution >= 0.6 is 11.3 Å². The van der Waals surface area contributed by atoms with Crippen LogP contribution in [0.4, 0.5) is 47.6 Å². The standard InChI is InChI=1S/C30H30N6O4S.2C2HF3O2/c1-18-10-11-21(27(38)34-22-12-13-22)15-24(18)35-29-36-26(20-8-5-9-23(14-20)33-25(37)16-31)28(41-29)40-30(39)32-17-19-6-3-2-4-7-19;2*3-2(4,5)1(6)7/h2-11,14-15,22H,12-13,16-17,31H2,1H3,(H,32,39)(H,33,37)(H,34,38)(H,35,36);2*(H,6,7). The molecule has 1 aliphatic carbocycles. The predicted molar refractivity (Wildman–Crippen MR) is 187 cm³/mol. The number of nitrogens with zero attached hydrogens (tertiary/aromatic N) is 1. The maximum atomic E-state index is 12.8. The topological polar surface area (TPSA) is 222 Å². The third-order valence-corrected chi connectivity index (χ3v) is 7.65. The molecule has 14 nitrogen and oxygen atoms in total. The number of ether oxygens (including phenoxy) is 1. The molecule has 1 aromatic heterocycles. The number of hydrogen-bond donors (Lipinski definition) is 7. The van der Waals surface area contributed by atoms with Crippen LogP contribution in [0.25, 0.3) is 11.3 Å². The summed E-state index contributed by atoms with van der Waals surface area (Å²) in [7, 11) is 0. The summed E-state index contributed by atoms with van der Waals surface area (Å²) in [6.07, 6.45) is -8.79. The lowest BCUT2D eigenvalue weighted by atomic mass is 10.1. The highest BCUT2D eigenvalue weighted by Gasteiger charge is 2.39. The number of carbonyl (C=O) groups excluding carboxylic acids is 3. The van der Waals surface area contributed by atoms with Gasteiger partial charge in [-0.2, -0.15) is 26.3 Å². The Hall–Kier alpha value is -6.22. The molecule has 0 saturated heterocycles. The van der Waals surface area contributed by atoms with E-state index in [2.05, 4.69) is 21.3 Å². The largest absolute Gasteiger partial charge is 0.490 e. The third-order valence-electron chi connectivity index (χ3n) is 6.81. The molecule has 5 rings (SSSR count). The first-order valence-corrected chi connectivity index (χ1v) is 16.5. The van der Waals surface area contributed by atoms with Gasteiger partial charge in [-0.1, -0.05) is 59.9 Å². The molecule has 3 aromatic carbocycles. The second kappa shape index (κ2) is 19.2. The van der Waals surface area contributed by atoms with E-state index in [9.17, 15) is 40.7 Å². The summed E-state index contributed by atoms with van der Waals surface area (Å²) >= 11 is 1.15. The quantitative estimate of drug-likeness (QED) is 0.0895. The van der Waals surface area contributed by atoms with E-state index < -0.39 is 30.4 Å². The average molecular weight is 799 g/mol. The summed E-state index contributed by atoms with van der Waals surface area (Å²) in [6, 6.07) is 22.2. The number of aliphatic carboxylic acids is 2. The Balaban J connectivity index is 0.000000494. The molecule has 1 saturated carbocycles. The number of nitrogens with two attached hydrogens (primary N) is 1. The van der Waals surface area contributed by atoms with Gasteiger partial charge in [-0.3, -0.25) is 9.59 Å². The van der Waals surface area contributed by atoms with Crippen molar-refractivity contribution >= 4 is 57.7 Å². The second-order valence-electron chi connectivity index (χ2n) is 11.2. The Bertz CT molecular complexity index is 1960. The first-order valence-electron chi connectivity index (χ1n) is 15.7. The first kappa shape index (κ1) is 43.2. The summed E-state index contributed by atoms with van der Waals surface area (Å²) < 4.78 is 69.2. The molecule has 1 heterocycles. The van der Waals surface area contributed by atoms with Gasteiger partial charge in [0, 0.05) is 35.1 Å². The van der Waals surface area contributed by atoms with Gasteiger partial charge in [0.05, 0.1) is 6.54 Å². The van der Waals surface area contributed by atoms with E-state index in [1.165, 1.54) is 0 Å². The fraction of sp³-hybridized carbons (Fsp3) is 0.235. The van der Waals surface area contributed by atoms with Crippen molar-refractivity contribution in [3.63, 3.8) is 0 Å². The van der Waals surface area contributed by atoms with Crippen LogP contribution in [0.2, 0.25) is 0 Å². The second-order valence-corrected chi connectivity index (χ2v) is 12.2. The molecular formula is C34H32F6N6O8S. The summed E-state index contributed by atoms with van der Waals surface area (Å²) in [5.41, 5.74) is 10.1. The third kappa shape index (κ3) is 14.6. The van der Waals surface area contributed by atoms with E-state index in [1.54, 1.807) is 36.4 Å². The number of carboxylic acid groups (broad SMARTS) is 2. The SMILES string of the molecule is Cc1ccc(C(=O)NC2CC2)cc1Nc1nc(-c2cccc(NC(=O)CN)c2)c(OC(=O)NCc2ccccc2)s1.O=C(O)C(F)(F)F.O=C(O)C(F)(F)F. The molecule has 0 atom stereocenters. The summed E-state index contributed by atoms with van der Waals surface area (Å²) in [6.45, 7) is 2.08. The monoisotopic (exact) mass is 798 g/mol. The molecule has 0 unspecified atom stereocenters. The molecule has 0 radical (unpaired) electrons. The molecule has 55 heavy (non-hydrogen) atoms. The minimum absolute atomic E-state index is 0.120. The van der Waals surface area contributed by atoms with E-state index >= 15 is 0 Å². The van der Waals surface area contributed by atoms with Crippen LogP contribution in [0.1, 0.15) is 34.3 Å². The van der Waals surface area contributed by atoms with Crippen molar-refractivity contribution in [1.29, 1.82) is 0 Å². The fourth-order valence-electron chi connectivity index (χ4n) is 3.97. The highest BCUT2D eigenvalue weighted by atomic mass is 32.1. The maximum Gasteiger partial charge on any atom is 0.490 e. The van der Waals surface area contributed by atoms with Crippen LogP contribution in [0.3, 0.4) is 0 Å². The van der Waals surface area contributed by atoms with Crippen LogP contribution in [0.5, 0.6) is 5.06 Å². The van der Waals surface area contributed by atoms with Crippen molar-refractivity contribution in [3.05, 3.63) is 89.5 Å². The van der Waals surface area contributed by atoms with Crippen molar-refractivity contribution in [3.8, 4) is 16.3 Å². The molecule has 1 fully saturated rings. The van der Waals surface area contributed by atoms with E-state index in [4.69, 9.17) is 35.3 Å². The number of rotatable bonds is 10. The molecule has 294 valence electrons. The van der Waals surface area contributed by atoms with Crippen molar-refractivity contribution in [2.75, 3.05) is 17.2 Å². The predicted octanol–water partition coefficient (Wildman–Crippen LogP) is 6.21. The van der Waals surface area contributed by atoms with Gasteiger partial charge in [0.1, 0.15) is 5.69 Å². The minimum atomic E-state index is -5.08. The van der Waals surface area contributed by atoms with Crippen LogP contribution in [0, 0.1) is 6.92 Å². The molecule has 1 aliphatic rings. The van der Waals surface area contributed by atoms with E-state index in [1.807, 2.05) is 43.3 Å². The Labute approximate surface area is 311 Å². The molecule has 0 spiro atoms.